The van der Waals surface area contributed by atoms with Crippen molar-refractivity contribution in [3.05, 3.63) is 35.9 Å². The van der Waals surface area contributed by atoms with E-state index in [0.717, 1.165) is 18.4 Å². The van der Waals surface area contributed by atoms with Crippen LogP contribution in [0, 0.1) is 5.92 Å². The summed E-state index contributed by atoms with van der Waals surface area (Å²) in [5, 5.41) is 12.3. The van der Waals surface area contributed by atoms with Crippen molar-refractivity contribution in [1.29, 1.82) is 0 Å². The number of rotatable bonds is 7. The van der Waals surface area contributed by atoms with E-state index in [4.69, 9.17) is 0 Å². The molecule has 3 nitrogen and oxygen atoms in total. The van der Waals surface area contributed by atoms with Crippen molar-refractivity contribution in [2.75, 3.05) is 6.61 Å². The third-order valence-electron chi connectivity index (χ3n) is 3.25. The van der Waals surface area contributed by atoms with Crippen LogP contribution in [0.4, 0.5) is 0 Å². The van der Waals surface area contributed by atoms with Crippen LogP contribution in [-0.4, -0.2) is 23.7 Å². The molecule has 0 bridgehead atoms. The standard InChI is InChI=1S/C15H23NO2/c1-3-13(4-2)15(18)16-14(11-17)10-12-8-6-5-7-9-12/h5-9,13-14,17H,3-4,10-11H2,1-2H3,(H,16,18)/t14-/m1/s1. The van der Waals surface area contributed by atoms with Crippen LogP contribution in [0.3, 0.4) is 0 Å². The first kappa shape index (κ1) is 14.7. The Morgan fingerprint density at radius 1 is 1.22 bits per heavy atom. The zero-order chi connectivity index (χ0) is 13.4. The third-order valence-corrected chi connectivity index (χ3v) is 3.25. The zero-order valence-corrected chi connectivity index (χ0v) is 11.2. The summed E-state index contributed by atoms with van der Waals surface area (Å²) >= 11 is 0. The first-order valence-electron chi connectivity index (χ1n) is 6.66. The predicted octanol–water partition coefficient (Wildman–Crippen LogP) is 2.14. The highest BCUT2D eigenvalue weighted by Crippen LogP contribution is 2.09. The van der Waals surface area contributed by atoms with Crippen LogP contribution in [0.1, 0.15) is 32.3 Å². The van der Waals surface area contributed by atoms with Crippen LogP contribution >= 0.6 is 0 Å². The minimum atomic E-state index is -0.194. The number of carbonyl (C=O) groups excluding carboxylic acids is 1. The highest BCUT2D eigenvalue weighted by atomic mass is 16.3. The first-order valence-corrected chi connectivity index (χ1v) is 6.66. The molecular formula is C15H23NO2. The number of carbonyl (C=O) groups is 1. The van der Waals surface area contributed by atoms with Crippen LogP contribution in [0.2, 0.25) is 0 Å². The molecule has 1 rings (SSSR count). The highest BCUT2D eigenvalue weighted by molar-refractivity contribution is 5.78. The molecule has 0 radical (unpaired) electrons. The lowest BCUT2D eigenvalue weighted by molar-refractivity contribution is -0.126. The Morgan fingerprint density at radius 2 is 1.83 bits per heavy atom. The Bertz CT molecular complexity index is 347. The molecule has 1 aromatic rings. The summed E-state index contributed by atoms with van der Waals surface area (Å²) < 4.78 is 0. The lowest BCUT2D eigenvalue weighted by Crippen LogP contribution is -2.42. The number of nitrogens with one attached hydrogen (secondary N) is 1. The number of hydrogen-bond acceptors (Lipinski definition) is 2. The molecule has 0 saturated heterocycles. The molecule has 100 valence electrons. The van der Waals surface area contributed by atoms with Gasteiger partial charge in [-0.05, 0) is 24.8 Å². The van der Waals surface area contributed by atoms with Gasteiger partial charge in [0.05, 0.1) is 12.6 Å². The maximum Gasteiger partial charge on any atom is 0.223 e. The second kappa shape index (κ2) is 7.88. The summed E-state index contributed by atoms with van der Waals surface area (Å²) in [5.74, 6) is 0.102. The minimum Gasteiger partial charge on any atom is -0.394 e. The molecule has 1 atom stereocenters. The molecule has 2 N–H and O–H groups in total. The molecule has 0 heterocycles. The molecule has 0 aromatic heterocycles. The molecule has 0 saturated carbocycles. The van der Waals surface area contributed by atoms with Crippen molar-refractivity contribution in [2.45, 2.75) is 39.2 Å². The van der Waals surface area contributed by atoms with E-state index in [1.54, 1.807) is 0 Å². The Labute approximate surface area is 109 Å². The molecule has 1 aromatic carbocycles. The third kappa shape index (κ3) is 4.49. The van der Waals surface area contributed by atoms with E-state index in [1.165, 1.54) is 0 Å². The van der Waals surface area contributed by atoms with E-state index < -0.39 is 0 Å². The van der Waals surface area contributed by atoms with Crippen LogP contribution in [0.15, 0.2) is 30.3 Å². The van der Waals surface area contributed by atoms with Crippen molar-refractivity contribution in [3.8, 4) is 0 Å². The molecule has 0 unspecified atom stereocenters. The SMILES string of the molecule is CCC(CC)C(=O)N[C@@H](CO)Cc1ccccc1. The molecule has 18 heavy (non-hydrogen) atoms. The normalized spacial score (nSPS) is 12.4. The van der Waals surface area contributed by atoms with Gasteiger partial charge in [0.25, 0.3) is 0 Å². The van der Waals surface area contributed by atoms with Crippen LogP contribution in [0.5, 0.6) is 0 Å². The molecule has 1 amide bonds. The van der Waals surface area contributed by atoms with Gasteiger partial charge in [-0.3, -0.25) is 4.79 Å². The highest BCUT2D eigenvalue weighted by Gasteiger charge is 2.18. The summed E-state index contributed by atoms with van der Waals surface area (Å²) in [6.07, 6.45) is 2.35. The van der Waals surface area contributed by atoms with E-state index in [9.17, 15) is 9.90 Å². The average molecular weight is 249 g/mol. The van der Waals surface area contributed by atoms with E-state index in [0.29, 0.717) is 6.42 Å². The first-order chi connectivity index (χ1) is 8.71. The minimum absolute atomic E-state index is 0.0270. The van der Waals surface area contributed by atoms with E-state index in [-0.39, 0.29) is 24.5 Å². The number of aliphatic hydroxyl groups excluding tert-OH is 1. The predicted molar refractivity (Wildman–Crippen MR) is 73.2 cm³/mol. The van der Waals surface area contributed by atoms with Crippen molar-refractivity contribution < 1.29 is 9.90 Å². The Kier molecular flexibility index (Phi) is 6.44. The molecule has 0 spiro atoms. The molecular weight excluding hydrogens is 226 g/mol. The Hall–Kier alpha value is -1.35. The van der Waals surface area contributed by atoms with Gasteiger partial charge < -0.3 is 10.4 Å². The summed E-state index contributed by atoms with van der Waals surface area (Å²) in [7, 11) is 0. The summed E-state index contributed by atoms with van der Waals surface area (Å²) in [4.78, 5) is 11.9. The molecule has 0 aliphatic heterocycles. The molecule has 0 aliphatic carbocycles. The van der Waals surface area contributed by atoms with Crippen molar-refractivity contribution >= 4 is 5.91 Å². The fourth-order valence-corrected chi connectivity index (χ4v) is 2.04. The van der Waals surface area contributed by atoms with Gasteiger partial charge in [0.2, 0.25) is 5.91 Å². The molecule has 0 fully saturated rings. The quantitative estimate of drug-likeness (QED) is 0.778. The van der Waals surface area contributed by atoms with Crippen LogP contribution in [0.25, 0.3) is 0 Å². The van der Waals surface area contributed by atoms with Crippen molar-refractivity contribution in [2.24, 2.45) is 5.92 Å². The van der Waals surface area contributed by atoms with Gasteiger partial charge in [-0.15, -0.1) is 0 Å². The fourth-order valence-electron chi connectivity index (χ4n) is 2.04. The lowest BCUT2D eigenvalue weighted by atomic mass is 10.0. The smallest absolute Gasteiger partial charge is 0.223 e. The number of benzene rings is 1. The fraction of sp³-hybridized carbons (Fsp3) is 0.533. The van der Waals surface area contributed by atoms with E-state index in [2.05, 4.69) is 5.32 Å². The Balaban J connectivity index is 2.54. The average Bonchev–Trinajstić information content (AvgIpc) is 2.40. The van der Waals surface area contributed by atoms with E-state index in [1.807, 2.05) is 44.2 Å². The van der Waals surface area contributed by atoms with Crippen molar-refractivity contribution in [1.82, 2.24) is 5.32 Å². The second-order valence-corrected chi connectivity index (χ2v) is 4.59. The lowest BCUT2D eigenvalue weighted by Gasteiger charge is -2.20. The summed E-state index contributed by atoms with van der Waals surface area (Å²) in [6, 6.07) is 9.71. The summed E-state index contributed by atoms with van der Waals surface area (Å²) in [6.45, 7) is 4.00. The van der Waals surface area contributed by atoms with Gasteiger partial charge in [0, 0.05) is 5.92 Å². The van der Waals surface area contributed by atoms with Gasteiger partial charge in [-0.2, -0.15) is 0 Å². The monoisotopic (exact) mass is 249 g/mol. The summed E-state index contributed by atoms with van der Waals surface area (Å²) in [5.41, 5.74) is 1.13. The van der Waals surface area contributed by atoms with Gasteiger partial charge >= 0.3 is 0 Å². The van der Waals surface area contributed by atoms with Gasteiger partial charge in [-0.25, -0.2) is 0 Å². The maximum absolute atomic E-state index is 11.9. The number of hydrogen-bond donors (Lipinski definition) is 2. The largest absolute Gasteiger partial charge is 0.394 e. The zero-order valence-electron chi connectivity index (χ0n) is 11.2. The molecule has 3 heteroatoms. The van der Waals surface area contributed by atoms with Crippen molar-refractivity contribution in [3.63, 3.8) is 0 Å². The molecule has 0 aliphatic rings. The second-order valence-electron chi connectivity index (χ2n) is 4.59. The Morgan fingerprint density at radius 3 is 2.33 bits per heavy atom. The maximum atomic E-state index is 11.9. The number of amides is 1. The topological polar surface area (TPSA) is 49.3 Å². The number of aliphatic hydroxyl groups is 1. The van der Waals surface area contributed by atoms with Crippen LogP contribution in [-0.2, 0) is 11.2 Å². The van der Waals surface area contributed by atoms with Gasteiger partial charge in [0.1, 0.15) is 0 Å². The van der Waals surface area contributed by atoms with Gasteiger partial charge in [-0.1, -0.05) is 44.2 Å². The van der Waals surface area contributed by atoms with E-state index >= 15 is 0 Å². The van der Waals surface area contributed by atoms with Gasteiger partial charge in [0.15, 0.2) is 0 Å². The van der Waals surface area contributed by atoms with Crippen LogP contribution < -0.4 is 5.32 Å².